The largest absolute Gasteiger partial charge is 0.327 e. The first-order valence-electron chi connectivity index (χ1n) is 5.71. The summed E-state index contributed by atoms with van der Waals surface area (Å²) in [6.45, 7) is 0. The third-order valence-electron chi connectivity index (χ3n) is 3.24. The molecule has 3 heteroatoms. The van der Waals surface area contributed by atoms with Crippen molar-refractivity contribution in [2.24, 2.45) is 5.73 Å². The molecule has 17 heavy (non-hydrogen) atoms. The lowest BCUT2D eigenvalue weighted by Gasteiger charge is -2.03. The van der Waals surface area contributed by atoms with Crippen LogP contribution in [0.5, 0.6) is 0 Å². The van der Waals surface area contributed by atoms with Gasteiger partial charge in [-0.05, 0) is 29.7 Å². The van der Waals surface area contributed by atoms with E-state index in [1.54, 1.807) is 12.3 Å². The van der Waals surface area contributed by atoms with E-state index in [1.165, 1.54) is 11.6 Å². The average molecular weight is 228 g/mol. The molecule has 1 heterocycles. The van der Waals surface area contributed by atoms with Gasteiger partial charge in [0.25, 0.3) is 0 Å². The van der Waals surface area contributed by atoms with Crippen molar-refractivity contribution in [1.29, 1.82) is 0 Å². The van der Waals surface area contributed by atoms with E-state index in [0.29, 0.717) is 12.0 Å². The van der Waals surface area contributed by atoms with E-state index < -0.39 is 5.95 Å². The summed E-state index contributed by atoms with van der Waals surface area (Å²) in [5.41, 5.74) is 9.08. The maximum atomic E-state index is 12.7. The first kappa shape index (κ1) is 10.4. The number of hydrogen-bond donors (Lipinski definition) is 1. The van der Waals surface area contributed by atoms with Gasteiger partial charge < -0.3 is 5.73 Å². The molecule has 0 amide bonds. The minimum Gasteiger partial charge on any atom is -0.327 e. The minimum absolute atomic E-state index is 0.327. The van der Waals surface area contributed by atoms with Crippen molar-refractivity contribution in [3.63, 3.8) is 0 Å². The second kappa shape index (κ2) is 3.93. The van der Waals surface area contributed by atoms with Crippen LogP contribution >= 0.6 is 0 Å². The zero-order valence-electron chi connectivity index (χ0n) is 9.31. The van der Waals surface area contributed by atoms with Crippen LogP contribution in [0.3, 0.4) is 0 Å². The Kier molecular flexibility index (Phi) is 2.41. The Balaban J connectivity index is 1.86. The second-order valence-corrected chi connectivity index (χ2v) is 4.50. The van der Waals surface area contributed by atoms with Gasteiger partial charge in [-0.15, -0.1) is 0 Å². The number of nitrogens with zero attached hydrogens (tertiary/aromatic N) is 1. The summed E-state index contributed by atoms with van der Waals surface area (Å²) < 4.78 is 12.7. The minimum atomic E-state index is -0.450. The van der Waals surface area contributed by atoms with Crippen LogP contribution in [0, 0.1) is 5.95 Å². The van der Waals surface area contributed by atoms with E-state index in [9.17, 15) is 4.39 Å². The number of rotatable bonds is 2. The first-order chi connectivity index (χ1) is 8.24. The zero-order chi connectivity index (χ0) is 11.8. The lowest BCUT2D eigenvalue weighted by atomic mass is 10.0. The van der Waals surface area contributed by atoms with Gasteiger partial charge in [-0.1, -0.05) is 24.3 Å². The number of aromatic nitrogens is 1. The fourth-order valence-corrected chi connectivity index (χ4v) is 2.07. The number of pyridine rings is 1. The lowest BCUT2D eigenvalue weighted by Crippen LogP contribution is -2.00. The molecule has 2 unspecified atom stereocenters. The predicted octanol–water partition coefficient (Wildman–Crippen LogP) is 2.70. The van der Waals surface area contributed by atoms with Crippen LogP contribution in [-0.4, -0.2) is 11.0 Å². The van der Waals surface area contributed by atoms with E-state index in [4.69, 9.17) is 5.73 Å². The Morgan fingerprint density at radius 1 is 1.06 bits per heavy atom. The van der Waals surface area contributed by atoms with Crippen LogP contribution in [0.4, 0.5) is 4.39 Å². The number of benzene rings is 1. The first-order valence-corrected chi connectivity index (χ1v) is 5.71. The molecule has 2 aromatic rings. The molecule has 1 saturated carbocycles. The Labute approximate surface area is 99.3 Å². The molecule has 2 N–H and O–H groups in total. The number of hydrogen-bond acceptors (Lipinski definition) is 2. The topological polar surface area (TPSA) is 38.9 Å². The standard InChI is InChI=1S/C14H13FN2/c15-14-6-5-11(8-17-14)9-1-3-10(4-2-9)12-7-13(12)16/h1-6,8,12-13H,7,16H2. The molecule has 2 atom stereocenters. The highest BCUT2D eigenvalue weighted by Gasteiger charge is 2.34. The predicted molar refractivity (Wildman–Crippen MR) is 65.0 cm³/mol. The highest BCUT2D eigenvalue weighted by molar-refractivity contribution is 5.62. The average Bonchev–Trinajstić information content (AvgIpc) is 3.08. The Bertz CT molecular complexity index is 519. The number of halogens is 1. The van der Waals surface area contributed by atoms with Gasteiger partial charge in [0.15, 0.2) is 0 Å². The summed E-state index contributed by atoms with van der Waals surface area (Å²) in [6, 6.07) is 11.7. The van der Waals surface area contributed by atoms with Gasteiger partial charge in [0.1, 0.15) is 0 Å². The van der Waals surface area contributed by atoms with Crippen molar-refractivity contribution in [2.75, 3.05) is 0 Å². The maximum absolute atomic E-state index is 12.7. The van der Waals surface area contributed by atoms with Gasteiger partial charge in [0.2, 0.25) is 5.95 Å². The molecule has 86 valence electrons. The van der Waals surface area contributed by atoms with Crippen LogP contribution in [0.25, 0.3) is 11.1 Å². The fourth-order valence-electron chi connectivity index (χ4n) is 2.07. The summed E-state index contributed by atoms with van der Waals surface area (Å²) in [7, 11) is 0. The van der Waals surface area contributed by atoms with Gasteiger partial charge in [0.05, 0.1) is 0 Å². The van der Waals surface area contributed by atoms with Gasteiger partial charge in [0, 0.05) is 23.7 Å². The molecule has 1 aromatic heterocycles. The van der Waals surface area contributed by atoms with Crippen LogP contribution in [0.2, 0.25) is 0 Å². The number of nitrogens with two attached hydrogens (primary N) is 1. The summed E-state index contributed by atoms with van der Waals surface area (Å²) >= 11 is 0. The zero-order valence-corrected chi connectivity index (χ0v) is 9.31. The van der Waals surface area contributed by atoms with E-state index in [0.717, 1.165) is 17.5 Å². The van der Waals surface area contributed by atoms with E-state index in [2.05, 4.69) is 17.1 Å². The smallest absolute Gasteiger partial charge is 0.212 e. The molecule has 1 fully saturated rings. The Morgan fingerprint density at radius 2 is 1.71 bits per heavy atom. The SMILES string of the molecule is NC1CC1c1ccc(-c2ccc(F)nc2)cc1. The highest BCUT2D eigenvalue weighted by Crippen LogP contribution is 2.39. The molecule has 0 spiro atoms. The summed E-state index contributed by atoms with van der Waals surface area (Å²) in [5, 5.41) is 0. The summed E-state index contributed by atoms with van der Waals surface area (Å²) in [5.74, 6) is 0.0738. The molecule has 0 aliphatic heterocycles. The molecular formula is C14H13FN2. The van der Waals surface area contributed by atoms with Crippen LogP contribution in [-0.2, 0) is 0 Å². The lowest BCUT2D eigenvalue weighted by molar-refractivity contribution is 0.584. The van der Waals surface area contributed by atoms with Crippen molar-refractivity contribution in [3.8, 4) is 11.1 Å². The molecule has 1 aromatic carbocycles. The molecule has 0 radical (unpaired) electrons. The Morgan fingerprint density at radius 3 is 2.24 bits per heavy atom. The van der Waals surface area contributed by atoms with Crippen LogP contribution in [0.15, 0.2) is 42.6 Å². The molecule has 1 aliphatic rings. The van der Waals surface area contributed by atoms with Gasteiger partial charge in [-0.3, -0.25) is 0 Å². The van der Waals surface area contributed by atoms with Crippen molar-refractivity contribution in [1.82, 2.24) is 4.98 Å². The van der Waals surface area contributed by atoms with E-state index in [1.807, 2.05) is 12.1 Å². The normalized spacial score (nSPS) is 22.5. The fraction of sp³-hybridized carbons (Fsp3) is 0.214. The Hall–Kier alpha value is -1.74. The molecule has 0 bridgehead atoms. The van der Waals surface area contributed by atoms with Gasteiger partial charge in [-0.2, -0.15) is 4.39 Å². The van der Waals surface area contributed by atoms with E-state index in [-0.39, 0.29) is 0 Å². The molecule has 0 saturated heterocycles. The highest BCUT2D eigenvalue weighted by atomic mass is 19.1. The maximum Gasteiger partial charge on any atom is 0.212 e. The van der Waals surface area contributed by atoms with Gasteiger partial charge in [-0.25, -0.2) is 4.98 Å². The third kappa shape index (κ3) is 2.06. The monoisotopic (exact) mass is 228 g/mol. The summed E-state index contributed by atoms with van der Waals surface area (Å²) in [4.78, 5) is 3.65. The van der Waals surface area contributed by atoms with Crippen molar-refractivity contribution >= 4 is 0 Å². The van der Waals surface area contributed by atoms with Gasteiger partial charge >= 0.3 is 0 Å². The van der Waals surface area contributed by atoms with Crippen molar-refractivity contribution in [2.45, 2.75) is 18.4 Å². The van der Waals surface area contributed by atoms with Crippen molar-refractivity contribution in [3.05, 3.63) is 54.1 Å². The molecule has 2 nitrogen and oxygen atoms in total. The van der Waals surface area contributed by atoms with Crippen LogP contribution < -0.4 is 5.73 Å². The van der Waals surface area contributed by atoms with Crippen molar-refractivity contribution < 1.29 is 4.39 Å². The molecule has 1 aliphatic carbocycles. The second-order valence-electron chi connectivity index (χ2n) is 4.50. The molecule has 3 rings (SSSR count). The summed E-state index contributed by atoms with van der Waals surface area (Å²) in [6.07, 6.45) is 2.63. The van der Waals surface area contributed by atoms with E-state index >= 15 is 0 Å². The van der Waals surface area contributed by atoms with Crippen LogP contribution in [0.1, 0.15) is 17.9 Å². The quantitative estimate of drug-likeness (QED) is 0.803. The molecular weight excluding hydrogens is 215 g/mol. The third-order valence-corrected chi connectivity index (χ3v) is 3.24.